The molecule has 208 valence electrons. The van der Waals surface area contributed by atoms with E-state index in [1.165, 1.54) is 11.1 Å². The predicted molar refractivity (Wildman–Crippen MR) is 157 cm³/mol. The summed E-state index contributed by atoms with van der Waals surface area (Å²) in [5.74, 6) is 2.75. The van der Waals surface area contributed by atoms with Crippen LogP contribution in [0.15, 0.2) is 72.8 Å². The van der Waals surface area contributed by atoms with Crippen molar-refractivity contribution in [3.05, 3.63) is 83.9 Å². The van der Waals surface area contributed by atoms with Gasteiger partial charge in [-0.3, -0.25) is 4.79 Å². The number of nitrogens with zero attached hydrogens (tertiary/aromatic N) is 2. The zero-order valence-electron chi connectivity index (χ0n) is 23.9. The second-order valence-electron chi connectivity index (χ2n) is 10.6. The van der Waals surface area contributed by atoms with Gasteiger partial charge in [-0.05, 0) is 67.2 Å². The van der Waals surface area contributed by atoms with Crippen LogP contribution < -0.4 is 19.1 Å². The zero-order chi connectivity index (χ0) is 27.8. The van der Waals surface area contributed by atoms with Crippen LogP contribution in [-0.4, -0.2) is 51.7 Å². The minimum absolute atomic E-state index is 0.0164. The van der Waals surface area contributed by atoms with Gasteiger partial charge in [0.1, 0.15) is 11.9 Å². The van der Waals surface area contributed by atoms with Gasteiger partial charge in [0, 0.05) is 37.7 Å². The number of methoxy groups -OCH3 is 2. The molecule has 1 saturated heterocycles. The SMILES string of the molecule is COc1ccc(O[C@H](CCN2CCC(c3cccc(N(C)C(=O)C(C)C)c3)CC2)c2ccccc2)cc1OC. The first kappa shape index (κ1) is 28.5. The van der Waals surface area contributed by atoms with E-state index in [9.17, 15) is 4.79 Å². The maximum absolute atomic E-state index is 12.5. The van der Waals surface area contributed by atoms with Crippen molar-refractivity contribution in [2.75, 3.05) is 45.8 Å². The molecule has 0 radical (unpaired) electrons. The number of likely N-dealkylation sites (tertiary alicyclic amines) is 1. The first-order chi connectivity index (χ1) is 18.9. The summed E-state index contributed by atoms with van der Waals surface area (Å²) in [5.41, 5.74) is 3.47. The molecular formula is C33H42N2O4. The van der Waals surface area contributed by atoms with Crippen LogP contribution in [0.3, 0.4) is 0 Å². The number of carbonyl (C=O) groups excluding carboxylic acids is 1. The highest BCUT2D eigenvalue weighted by molar-refractivity contribution is 5.94. The summed E-state index contributed by atoms with van der Waals surface area (Å²) in [6.07, 6.45) is 3.05. The van der Waals surface area contributed by atoms with Gasteiger partial charge in [0.2, 0.25) is 5.91 Å². The monoisotopic (exact) mass is 530 g/mol. The fraction of sp³-hybridized carbons (Fsp3) is 0.424. The van der Waals surface area contributed by atoms with Crippen LogP contribution in [0.5, 0.6) is 17.2 Å². The number of anilines is 1. The molecule has 1 amide bonds. The van der Waals surface area contributed by atoms with Crippen molar-refractivity contribution >= 4 is 11.6 Å². The van der Waals surface area contributed by atoms with E-state index in [-0.39, 0.29) is 17.9 Å². The Morgan fingerprint density at radius 1 is 0.923 bits per heavy atom. The van der Waals surface area contributed by atoms with Gasteiger partial charge in [-0.1, -0.05) is 56.3 Å². The third-order valence-electron chi connectivity index (χ3n) is 7.65. The molecular weight excluding hydrogens is 488 g/mol. The zero-order valence-corrected chi connectivity index (χ0v) is 23.9. The van der Waals surface area contributed by atoms with Crippen LogP contribution in [-0.2, 0) is 4.79 Å². The van der Waals surface area contributed by atoms with E-state index < -0.39 is 0 Å². The first-order valence-electron chi connectivity index (χ1n) is 13.9. The quantitative estimate of drug-likeness (QED) is 0.276. The maximum atomic E-state index is 12.5. The highest BCUT2D eigenvalue weighted by Gasteiger charge is 2.24. The third-order valence-corrected chi connectivity index (χ3v) is 7.65. The van der Waals surface area contributed by atoms with E-state index in [0.29, 0.717) is 17.4 Å². The summed E-state index contributed by atoms with van der Waals surface area (Å²) in [7, 11) is 5.15. The Morgan fingerprint density at radius 3 is 2.31 bits per heavy atom. The lowest BCUT2D eigenvalue weighted by molar-refractivity contribution is -0.121. The van der Waals surface area contributed by atoms with Crippen molar-refractivity contribution in [1.29, 1.82) is 0 Å². The van der Waals surface area contributed by atoms with Crippen LogP contribution in [0.2, 0.25) is 0 Å². The number of hydrogen-bond acceptors (Lipinski definition) is 5. The van der Waals surface area contributed by atoms with E-state index in [2.05, 4.69) is 47.4 Å². The van der Waals surface area contributed by atoms with E-state index in [1.54, 1.807) is 19.1 Å². The standard InChI is InChI=1S/C33H42N2O4/c1-24(2)33(36)34(3)28-13-9-12-27(22-28)25-16-19-35(20-17-25)21-18-30(26-10-7-6-8-11-26)39-29-14-15-31(37-4)32(23-29)38-5/h6-15,22-25,30H,16-21H2,1-5H3/t30-/m1/s1. The molecule has 3 aromatic rings. The van der Waals surface area contributed by atoms with Crippen LogP contribution >= 0.6 is 0 Å². The number of amides is 1. The molecule has 0 bridgehead atoms. The van der Waals surface area contributed by atoms with Crippen molar-refractivity contribution in [2.24, 2.45) is 5.92 Å². The summed E-state index contributed by atoms with van der Waals surface area (Å²) in [4.78, 5) is 16.8. The average Bonchev–Trinajstić information content (AvgIpc) is 2.99. The normalized spacial score (nSPS) is 15.1. The second kappa shape index (κ2) is 13.5. The molecule has 1 aliphatic heterocycles. The molecule has 6 nitrogen and oxygen atoms in total. The molecule has 6 heteroatoms. The number of rotatable bonds is 11. The number of ether oxygens (including phenoxy) is 3. The molecule has 1 fully saturated rings. The van der Waals surface area contributed by atoms with Gasteiger partial charge in [0.15, 0.2) is 11.5 Å². The molecule has 4 rings (SSSR count). The molecule has 0 aliphatic carbocycles. The molecule has 3 aromatic carbocycles. The van der Waals surface area contributed by atoms with Gasteiger partial charge in [0.25, 0.3) is 0 Å². The van der Waals surface area contributed by atoms with E-state index >= 15 is 0 Å². The van der Waals surface area contributed by atoms with E-state index in [4.69, 9.17) is 14.2 Å². The fourth-order valence-electron chi connectivity index (χ4n) is 5.31. The molecule has 0 spiro atoms. The lowest BCUT2D eigenvalue weighted by Gasteiger charge is -2.33. The van der Waals surface area contributed by atoms with Gasteiger partial charge >= 0.3 is 0 Å². The lowest BCUT2D eigenvalue weighted by Crippen LogP contribution is -2.35. The summed E-state index contributed by atoms with van der Waals surface area (Å²) < 4.78 is 17.4. The third kappa shape index (κ3) is 7.33. The number of piperidine rings is 1. The lowest BCUT2D eigenvalue weighted by atomic mass is 9.89. The van der Waals surface area contributed by atoms with Crippen molar-refractivity contribution in [3.8, 4) is 17.2 Å². The minimum Gasteiger partial charge on any atom is -0.493 e. The summed E-state index contributed by atoms with van der Waals surface area (Å²) in [6, 6.07) is 24.6. The van der Waals surface area contributed by atoms with E-state index in [0.717, 1.165) is 50.3 Å². The Kier molecular flexibility index (Phi) is 9.88. The summed E-state index contributed by atoms with van der Waals surface area (Å²) in [5, 5.41) is 0. The Labute approximate surface area is 233 Å². The Morgan fingerprint density at radius 2 is 1.64 bits per heavy atom. The van der Waals surface area contributed by atoms with Crippen LogP contribution in [0.1, 0.15) is 56.3 Å². The Hall–Kier alpha value is -3.51. The molecule has 1 heterocycles. The van der Waals surface area contributed by atoms with Crippen molar-refractivity contribution in [3.63, 3.8) is 0 Å². The first-order valence-corrected chi connectivity index (χ1v) is 13.9. The van der Waals surface area contributed by atoms with Crippen molar-refractivity contribution in [1.82, 2.24) is 4.90 Å². The topological polar surface area (TPSA) is 51.2 Å². The molecule has 1 atom stereocenters. The smallest absolute Gasteiger partial charge is 0.229 e. The molecule has 0 unspecified atom stereocenters. The number of carbonyl (C=O) groups is 1. The highest BCUT2D eigenvalue weighted by Crippen LogP contribution is 2.35. The van der Waals surface area contributed by atoms with Gasteiger partial charge < -0.3 is 24.0 Å². The molecule has 1 aliphatic rings. The van der Waals surface area contributed by atoms with Gasteiger partial charge in [-0.15, -0.1) is 0 Å². The highest BCUT2D eigenvalue weighted by atomic mass is 16.5. The Bertz CT molecular complexity index is 1210. The van der Waals surface area contributed by atoms with Gasteiger partial charge in [-0.2, -0.15) is 0 Å². The van der Waals surface area contributed by atoms with Crippen LogP contribution in [0.4, 0.5) is 5.69 Å². The Balaban J connectivity index is 1.37. The van der Waals surface area contributed by atoms with Crippen LogP contribution in [0, 0.1) is 5.92 Å². The molecule has 0 saturated carbocycles. The largest absolute Gasteiger partial charge is 0.493 e. The average molecular weight is 531 g/mol. The number of benzene rings is 3. The summed E-state index contributed by atoms with van der Waals surface area (Å²) in [6.45, 7) is 6.95. The molecule has 39 heavy (non-hydrogen) atoms. The molecule has 0 aromatic heterocycles. The molecule has 0 N–H and O–H groups in total. The fourth-order valence-corrected chi connectivity index (χ4v) is 5.31. The van der Waals surface area contributed by atoms with Crippen molar-refractivity contribution < 1.29 is 19.0 Å². The summed E-state index contributed by atoms with van der Waals surface area (Å²) >= 11 is 0. The second-order valence-corrected chi connectivity index (χ2v) is 10.6. The maximum Gasteiger partial charge on any atom is 0.229 e. The van der Waals surface area contributed by atoms with Gasteiger partial charge in [0.05, 0.1) is 14.2 Å². The number of hydrogen-bond donors (Lipinski definition) is 0. The van der Waals surface area contributed by atoms with Gasteiger partial charge in [-0.25, -0.2) is 0 Å². The van der Waals surface area contributed by atoms with Crippen LogP contribution in [0.25, 0.3) is 0 Å². The predicted octanol–water partition coefficient (Wildman–Crippen LogP) is 6.71. The minimum atomic E-state index is -0.0623. The van der Waals surface area contributed by atoms with Crippen molar-refractivity contribution in [2.45, 2.75) is 45.1 Å². The van der Waals surface area contributed by atoms with E-state index in [1.807, 2.05) is 51.2 Å².